The average Bonchev–Trinajstić information content (AvgIpc) is 2.96. The van der Waals surface area contributed by atoms with E-state index in [-0.39, 0.29) is 5.82 Å². The number of allylic oxidation sites excluding steroid dienone is 1. The molecule has 3 aromatic rings. The monoisotopic (exact) mass is 316 g/mol. The molecule has 1 nitrogen and oxygen atoms in total. The van der Waals surface area contributed by atoms with Gasteiger partial charge in [-0.25, -0.2) is 4.39 Å². The third-order valence-electron chi connectivity index (χ3n) is 5.43. The van der Waals surface area contributed by atoms with Crippen LogP contribution in [0, 0.1) is 5.82 Å². The molecule has 1 aliphatic carbocycles. The van der Waals surface area contributed by atoms with Crippen molar-refractivity contribution >= 4 is 16.3 Å². The number of hydrogen-bond donors (Lipinski definition) is 0. The maximum Gasteiger partial charge on any atom is 0.135 e. The van der Waals surface area contributed by atoms with Crippen LogP contribution in [0.5, 0.6) is 5.75 Å². The molecule has 0 unspecified atom stereocenters. The molecule has 5 rings (SSSR count). The Balaban J connectivity index is 1.98. The number of halogens is 1. The van der Waals surface area contributed by atoms with Gasteiger partial charge in [0, 0.05) is 10.9 Å². The molecule has 0 N–H and O–H groups in total. The molecule has 0 fully saturated rings. The zero-order chi connectivity index (χ0) is 16.4. The highest BCUT2D eigenvalue weighted by molar-refractivity contribution is 6.06. The van der Waals surface area contributed by atoms with Crippen molar-refractivity contribution in [3.8, 4) is 16.9 Å². The second-order valence-electron chi connectivity index (χ2n) is 6.78. The molecule has 0 atom stereocenters. The van der Waals surface area contributed by atoms with Gasteiger partial charge in [-0.15, -0.1) is 0 Å². The van der Waals surface area contributed by atoms with E-state index in [9.17, 15) is 4.39 Å². The van der Waals surface area contributed by atoms with Gasteiger partial charge in [0.2, 0.25) is 0 Å². The van der Waals surface area contributed by atoms with E-state index in [1.165, 1.54) is 33.2 Å². The van der Waals surface area contributed by atoms with Crippen molar-refractivity contribution in [2.75, 3.05) is 6.61 Å². The van der Waals surface area contributed by atoms with Gasteiger partial charge in [0.1, 0.15) is 18.2 Å². The molecule has 1 aliphatic heterocycles. The van der Waals surface area contributed by atoms with Gasteiger partial charge in [-0.1, -0.05) is 30.3 Å². The van der Waals surface area contributed by atoms with Gasteiger partial charge < -0.3 is 4.74 Å². The lowest BCUT2D eigenvalue weighted by Crippen LogP contribution is -2.10. The van der Waals surface area contributed by atoms with E-state index in [0.717, 1.165) is 28.7 Å². The van der Waals surface area contributed by atoms with Crippen LogP contribution in [0.25, 0.3) is 27.5 Å². The van der Waals surface area contributed by atoms with E-state index >= 15 is 0 Å². The third kappa shape index (κ3) is 1.68. The quantitative estimate of drug-likeness (QED) is 0.402. The summed E-state index contributed by atoms with van der Waals surface area (Å²) >= 11 is 0. The van der Waals surface area contributed by atoms with Gasteiger partial charge in [-0.2, -0.15) is 0 Å². The fraction of sp³-hybridized carbons (Fsp3) is 0.182. The lowest BCUT2D eigenvalue weighted by atomic mass is 9.87. The van der Waals surface area contributed by atoms with Crippen molar-refractivity contribution in [2.24, 2.45) is 0 Å². The second kappa shape index (κ2) is 4.70. The normalized spacial score (nSPS) is 15.1. The van der Waals surface area contributed by atoms with E-state index in [1.54, 1.807) is 12.1 Å². The van der Waals surface area contributed by atoms with Gasteiger partial charge >= 0.3 is 0 Å². The molecule has 0 amide bonds. The molecule has 118 valence electrons. The number of rotatable bonds is 0. The number of ether oxygens (including phenoxy) is 1. The Hall–Kier alpha value is -2.61. The van der Waals surface area contributed by atoms with Crippen LogP contribution in [0.4, 0.5) is 4.39 Å². The lowest BCUT2D eigenvalue weighted by molar-refractivity contribution is 0.350. The van der Waals surface area contributed by atoms with Gasteiger partial charge in [0.05, 0.1) is 0 Å². The topological polar surface area (TPSA) is 9.23 Å². The fourth-order valence-corrected chi connectivity index (χ4v) is 4.11. The van der Waals surface area contributed by atoms with Gasteiger partial charge in [-0.3, -0.25) is 0 Å². The van der Waals surface area contributed by atoms with Crippen LogP contribution >= 0.6 is 0 Å². The molecule has 1 heterocycles. The van der Waals surface area contributed by atoms with Crippen molar-refractivity contribution in [3.63, 3.8) is 0 Å². The standard InChI is InChI=1S/C22H17FO/c1-12-11-24-22-18-6-4-3-5-17(18)19-10-14-9-15(23)7-8-16(14)21(19)20(22)13(12)2/h3-9H,10-11H2,1-2H3. The van der Waals surface area contributed by atoms with Crippen LogP contribution in [0.1, 0.15) is 30.5 Å². The molecule has 0 saturated heterocycles. The summed E-state index contributed by atoms with van der Waals surface area (Å²) in [6, 6.07) is 13.6. The molecular formula is C22H17FO. The minimum absolute atomic E-state index is 0.167. The SMILES string of the molecule is CC1=C(C)c2c3c(c4ccccc4c2OC1)Cc1cc(F)ccc1-3. The lowest BCUT2D eigenvalue weighted by Gasteiger charge is -2.25. The number of benzene rings is 3. The zero-order valence-electron chi connectivity index (χ0n) is 13.7. The molecule has 2 heteroatoms. The maximum atomic E-state index is 13.7. The van der Waals surface area contributed by atoms with Gasteiger partial charge in [0.15, 0.2) is 0 Å². The molecule has 3 aromatic carbocycles. The summed E-state index contributed by atoms with van der Waals surface area (Å²) in [6.07, 6.45) is 0.780. The first-order valence-corrected chi connectivity index (χ1v) is 8.31. The molecule has 0 aromatic heterocycles. The van der Waals surface area contributed by atoms with E-state index in [4.69, 9.17) is 4.74 Å². The Kier molecular flexibility index (Phi) is 2.70. The van der Waals surface area contributed by atoms with Crippen LogP contribution in [0.2, 0.25) is 0 Å². The second-order valence-corrected chi connectivity index (χ2v) is 6.78. The van der Waals surface area contributed by atoms with Crippen LogP contribution in [0.3, 0.4) is 0 Å². The predicted molar refractivity (Wildman–Crippen MR) is 95.9 cm³/mol. The highest BCUT2D eigenvalue weighted by atomic mass is 19.1. The largest absolute Gasteiger partial charge is 0.488 e. The predicted octanol–water partition coefficient (Wildman–Crippen LogP) is 5.74. The Labute approximate surface area is 140 Å². The Morgan fingerprint density at radius 2 is 1.75 bits per heavy atom. The molecule has 0 bridgehead atoms. The first-order chi connectivity index (χ1) is 11.6. The fourth-order valence-electron chi connectivity index (χ4n) is 4.11. The van der Waals surface area contributed by atoms with Crippen molar-refractivity contribution in [2.45, 2.75) is 20.3 Å². The van der Waals surface area contributed by atoms with E-state index < -0.39 is 0 Å². The first-order valence-electron chi connectivity index (χ1n) is 8.31. The molecule has 0 saturated carbocycles. The summed E-state index contributed by atoms with van der Waals surface area (Å²) in [5.74, 6) is 0.809. The van der Waals surface area contributed by atoms with Crippen molar-refractivity contribution in [3.05, 3.63) is 70.5 Å². The van der Waals surface area contributed by atoms with Crippen molar-refractivity contribution in [1.29, 1.82) is 0 Å². The Morgan fingerprint density at radius 1 is 0.958 bits per heavy atom. The van der Waals surface area contributed by atoms with E-state index in [1.807, 2.05) is 6.07 Å². The van der Waals surface area contributed by atoms with E-state index in [2.05, 4.69) is 38.1 Å². The van der Waals surface area contributed by atoms with E-state index in [0.29, 0.717) is 6.61 Å². The van der Waals surface area contributed by atoms with Crippen LogP contribution < -0.4 is 4.74 Å². The van der Waals surface area contributed by atoms with Gasteiger partial charge in [0.25, 0.3) is 0 Å². The van der Waals surface area contributed by atoms with Crippen LogP contribution in [0.15, 0.2) is 48.0 Å². The third-order valence-corrected chi connectivity index (χ3v) is 5.43. The summed E-state index contributed by atoms with van der Waals surface area (Å²) < 4.78 is 19.9. The molecule has 2 aliphatic rings. The highest BCUT2D eigenvalue weighted by Crippen LogP contribution is 2.51. The minimum Gasteiger partial charge on any atom is -0.488 e. The number of fused-ring (bicyclic) bond motifs is 8. The number of hydrogen-bond acceptors (Lipinski definition) is 1. The molecule has 0 spiro atoms. The van der Waals surface area contributed by atoms with Crippen molar-refractivity contribution < 1.29 is 9.13 Å². The zero-order valence-corrected chi connectivity index (χ0v) is 13.7. The summed E-state index contributed by atoms with van der Waals surface area (Å²) in [6.45, 7) is 4.94. The van der Waals surface area contributed by atoms with Crippen molar-refractivity contribution in [1.82, 2.24) is 0 Å². The summed E-state index contributed by atoms with van der Waals surface area (Å²) in [4.78, 5) is 0. The van der Waals surface area contributed by atoms with Crippen LogP contribution in [-0.4, -0.2) is 6.61 Å². The first kappa shape index (κ1) is 13.8. The maximum absolute atomic E-state index is 13.7. The molecule has 24 heavy (non-hydrogen) atoms. The summed E-state index contributed by atoms with van der Waals surface area (Å²) in [5.41, 5.74) is 8.48. The summed E-state index contributed by atoms with van der Waals surface area (Å²) in [5, 5.41) is 2.38. The summed E-state index contributed by atoms with van der Waals surface area (Å²) in [7, 11) is 0. The Bertz CT molecular complexity index is 1060. The minimum atomic E-state index is -0.167. The van der Waals surface area contributed by atoms with Crippen LogP contribution in [-0.2, 0) is 6.42 Å². The average molecular weight is 316 g/mol. The molecular weight excluding hydrogens is 299 g/mol. The molecule has 0 radical (unpaired) electrons. The highest BCUT2D eigenvalue weighted by Gasteiger charge is 2.30. The Morgan fingerprint density at radius 3 is 2.58 bits per heavy atom. The smallest absolute Gasteiger partial charge is 0.135 e. The van der Waals surface area contributed by atoms with Gasteiger partial charge in [-0.05, 0) is 71.2 Å².